The Hall–Kier alpha value is -2.06. The molecule has 0 radical (unpaired) electrons. The van der Waals surface area contributed by atoms with E-state index in [-0.39, 0.29) is 12.3 Å². The number of benzene rings is 1. The lowest BCUT2D eigenvalue weighted by Crippen LogP contribution is -2.29. The number of ether oxygens (including phenoxy) is 2. The Morgan fingerprint density at radius 2 is 2.19 bits per heavy atom. The summed E-state index contributed by atoms with van der Waals surface area (Å²) < 4.78 is 11.6. The second-order valence-electron chi connectivity index (χ2n) is 5.56. The summed E-state index contributed by atoms with van der Waals surface area (Å²) in [5, 5.41) is 8.74. The second-order valence-corrected chi connectivity index (χ2v) is 7.23. The van der Waals surface area contributed by atoms with Crippen molar-refractivity contribution in [2.24, 2.45) is 0 Å². The SMILES string of the molecule is CCCOc1c(/C=C2\SC(=S)N(CCCC(=O)O)C2=O)cccc1OC. The molecule has 0 unspecified atom stereocenters. The van der Waals surface area contributed by atoms with Crippen LogP contribution in [-0.4, -0.2) is 46.5 Å². The molecule has 1 aliphatic rings. The molecule has 1 heterocycles. The maximum Gasteiger partial charge on any atom is 0.303 e. The van der Waals surface area contributed by atoms with Gasteiger partial charge in [0.15, 0.2) is 11.5 Å². The van der Waals surface area contributed by atoms with E-state index in [1.165, 1.54) is 16.7 Å². The zero-order valence-electron chi connectivity index (χ0n) is 14.7. The number of para-hydroxylation sites is 1. The van der Waals surface area contributed by atoms with Crippen molar-refractivity contribution in [3.63, 3.8) is 0 Å². The predicted octanol–water partition coefficient (Wildman–Crippen LogP) is 3.55. The standard InChI is InChI=1S/C18H21NO5S2/c1-3-10-24-16-12(6-4-7-13(16)23-2)11-14-17(22)19(18(25)26-14)9-5-8-15(20)21/h4,6-7,11H,3,5,8-10H2,1-2H3,(H,20,21)/b14-11-. The van der Waals surface area contributed by atoms with Crippen LogP contribution in [0.15, 0.2) is 23.1 Å². The molecular formula is C18H21NO5S2. The van der Waals surface area contributed by atoms with Crippen LogP contribution in [0.3, 0.4) is 0 Å². The first-order valence-electron chi connectivity index (χ1n) is 8.24. The quantitative estimate of drug-likeness (QED) is 0.506. The third-order valence-corrected chi connectivity index (χ3v) is 4.99. The molecule has 0 bridgehead atoms. The van der Waals surface area contributed by atoms with Gasteiger partial charge in [-0.05, 0) is 25.0 Å². The number of thiocarbonyl (C=S) groups is 1. The number of carboxylic acids is 1. The fourth-order valence-corrected chi connectivity index (χ4v) is 3.69. The lowest BCUT2D eigenvalue weighted by molar-refractivity contribution is -0.137. The van der Waals surface area contributed by atoms with Crippen LogP contribution in [0.2, 0.25) is 0 Å². The minimum atomic E-state index is -0.889. The lowest BCUT2D eigenvalue weighted by atomic mass is 10.1. The minimum Gasteiger partial charge on any atom is -0.493 e. The fourth-order valence-electron chi connectivity index (χ4n) is 2.39. The van der Waals surface area contributed by atoms with Gasteiger partial charge in [0.1, 0.15) is 4.32 Å². The summed E-state index contributed by atoms with van der Waals surface area (Å²) in [5.41, 5.74) is 0.740. The van der Waals surface area contributed by atoms with Crippen molar-refractivity contribution in [2.45, 2.75) is 26.2 Å². The number of aliphatic carboxylic acids is 1. The maximum atomic E-state index is 12.6. The molecular weight excluding hydrogens is 374 g/mol. The number of methoxy groups -OCH3 is 1. The number of hydrogen-bond acceptors (Lipinski definition) is 6. The summed E-state index contributed by atoms with van der Waals surface area (Å²) in [5.74, 6) is 0.0897. The van der Waals surface area contributed by atoms with Crippen LogP contribution < -0.4 is 9.47 Å². The highest BCUT2D eigenvalue weighted by atomic mass is 32.2. The maximum absolute atomic E-state index is 12.6. The van der Waals surface area contributed by atoms with E-state index in [1.54, 1.807) is 19.3 Å². The number of rotatable bonds is 9. The first-order valence-corrected chi connectivity index (χ1v) is 9.47. The van der Waals surface area contributed by atoms with Gasteiger partial charge in [-0.25, -0.2) is 0 Å². The number of carboxylic acid groups (broad SMARTS) is 1. The topological polar surface area (TPSA) is 76.1 Å². The summed E-state index contributed by atoms with van der Waals surface area (Å²) in [6, 6.07) is 5.49. The Morgan fingerprint density at radius 3 is 2.85 bits per heavy atom. The predicted molar refractivity (Wildman–Crippen MR) is 106 cm³/mol. The van der Waals surface area contributed by atoms with Crippen molar-refractivity contribution in [1.29, 1.82) is 0 Å². The molecule has 1 aromatic rings. The first-order chi connectivity index (χ1) is 12.5. The molecule has 0 spiro atoms. The molecule has 1 saturated heterocycles. The van der Waals surface area contributed by atoms with E-state index in [4.69, 9.17) is 26.8 Å². The normalized spacial score (nSPS) is 15.6. The van der Waals surface area contributed by atoms with Crippen molar-refractivity contribution >= 4 is 46.3 Å². The molecule has 140 valence electrons. The summed E-state index contributed by atoms with van der Waals surface area (Å²) in [4.78, 5) is 25.2. The van der Waals surface area contributed by atoms with Crippen LogP contribution in [-0.2, 0) is 9.59 Å². The highest BCUT2D eigenvalue weighted by Gasteiger charge is 2.32. The number of thioether (sulfide) groups is 1. The molecule has 1 N–H and O–H groups in total. The van der Waals surface area contributed by atoms with Crippen LogP contribution in [0, 0.1) is 0 Å². The van der Waals surface area contributed by atoms with Gasteiger partial charge in [-0.2, -0.15) is 0 Å². The van der Waals surface area contributed by atoms with E-state index in [1.807, 2.05) is 19.1 Å². The smallest absolute Gasteiger partial charge is 0.303 e. The number of amides is 1. The van der Waals surface area contributed by atoms with Gasteiger partial charge in [0.25, 0.3) is 5.91 Å². The minimum absolute atomic E-state index is 0.000990. The molecule has 2 rings (SSSR count). The van der Waals surface area contributed by atoms with E-state index >= 15 is 0 Å². The molecule has 1 aromatic carbocycles. The van der Waals surface area contributed by atoms with Crippen molar-refractivity contribution in [2.75, 3.05) is 20.3 Å². The van der Waals surface area contributed by atoms with Crippen LogP contribution in [0.1, 0.15) is 31.7 Å². The zero-order valence-corrected chi connectivity index (χ0v) is 16.3. The Kier molecular flexibility index (Phi) is 7.47. The molecule has 26 heavy (non-hydrogen) atoms. The van der Waals surface area contributed by atoms with Crippen LogP contribution in [0.5, 0.6) is 11.5 Å². The van der Waals surface area contributed by atoms with Crippen molar-refractivity contribution in [3.8, 4) is 11.5 Å². The van der Waals surface area contributed by atoms with Crippen LogP contribution in [0.25, 0.3) is 6.08 Å². The van der Waals surface area contributed by atoms with Crippen LogP contribution in [0.4, 0.5) is 0 Å². The molecule has 1 amide bonds. The highest BCUT2D eigenvalue weighted by Crippen LogP contribution is 2.37. The molecule has 8 heteroatoms. The summed E-state index contributed by atoms with van der Waals surface area (Å²) >= 11 is 6.47. The van der Waals surface area contributed by atoms with E-state index in [2.05, 4.69) is 0 Å². The monoisotopic (exact) mass is 395 g/mol. The van der Waals surface area contributed by atoms with E-state index in [0.717, 1.165) is 12.0 Å². The molecule has 1 fully saturated rings. The number of carbonyl (C=O) groups is 2. The number of carbonyl (C=O) groups excluding carboxylic acids is 1. The number of nitrogens with zero attached hydrogens (tertiary/aromatic N) is 1. The molecule has 0 atom stereocenters. The third kappa shape index (κ3) is 4.98. The van der Waals surface area contributed by atoms with Gasteiger partial charge in [0.2, 0.25) is 0 Å². The molecule has 0 saturated carbocycles. The van der Waals surface area contributed by atoms with Gasteiger partial charge < -0.3 is 14.6 Å². The largest absolute Gasteiger partial charge is 0.493 e. The molecule has 0 aromatic heterocycles. The van der Waals surface area contributed by atoms with Gasteiger partial charge in [0, 0.05) is 18.5 Å². The lowest BCUT2D eigenvalue weighted by Gasteiger charge is -2.14. The zero-order chi connectivity index (χ0) is 19.1. The molecule has 0 aliphatic carbocycles. The van der Waals surface area contributed by atoms with E-state index in [0.29, 0.717) is 40.3 Å². The summed E-state index contributed by atoms with van der Waals surface area (Å²) in [7, 11) is 1.57. The van der Waals surface area contributed by atoms with Crippen molar-refractivity contribution in [3.05, 3.63) is 28.7 Å². The Morgan fingerprint density at radius 1 is 1.42 bits per heavy atom. The Bertz CT molecular complexity index is 732. The average Bonchev–Trinajstić information content (AvgIpc) is 2.87. The van der Waals surface area contributed by atoms with Gasteiger partial charge in [-0.1, -0.05) is 43.0 Å². The Labute approximate surface area is 162 Å². The number of hydrogen-bond donors (Lipinski definition) is 1. The van der Waals surface area contributed by atoms with Gasteiger partial charge in [-0.3, -0.25) is 14.5 Å². The average molecular weight is 396 g/mol. The van der Waals surface area contributed by atoms with Crippen LogP contribution >= 0.6 is 24.0 Å². The van der Waals surface area contributed by atoms with Gasteiger partial charge in [0.05, 0.1) is 18.6 Å². The highest BCUT2D eigenvalue weighted by molar-refractivity contribution is 8.26. The Balaban J connectivity index is 2.23. The van der Waals surface area contributed by atoms with Gasteiger partial charge in [-0.15, -0.1) is 0 Å². The first kappa shape index (κ1) is 20.3. The van der Waals surface area contributed by atoms with Crippen molar-refractivity contribution in [1.82, 2.24) is 4.90 Å². The molecule has 1 aliphatic heterocycles. The fraction of sp³-hybridized carbons (Fsp3) is 0.389. The molecule has 6 nitrogen and oxygen atoms in total. The summed E-state index contributed by atoms with van der Waals surface area (Å²) in [6.45, 7) is 2.85. The van der Waals surface area contributed by atoms with E-state index in [9.17, 15) is 9.59 Å². The van der Waals surface area contributed by atoms with Crippen molar-refractivity contribution < 1.29 is 24.2 Å². The van der Waals surface area contributed by atoms with Gasteiger partial charge >= 0.3 is 5.97 Å². The third-order valence-electron chi connectivity index (χ3n) is 3.61. The van der Waals surface area contributed by atoms with E-state index < -0.39 is 5.97 Å². The summed E-state index contributed by atoms with van der Waals surface area (Å²) in [6.07, 6.45) is 2.95. The second kappa shape index (κ2) is 9.59.